The fourth-order valence-electron chi connectivity index (χ4n) is 1.76. The number of benzene rings is 2. The van der Waals surface area contributed by atoms with Crippen molar-refractivity contribution in [2.45, 2.75) is 12.8 Å². The average molecular weight is 239 g/mol. The van der Waals surface area contributed by atoms with Crippen molar-refractivity contribution in [1.29, 1.82) is 0 Å². The number of rotatable bonds is 5. The van der Waals surface area contributed by atoms with Crippen LogP contribution in [0.25, 0.3) is 0 Å². The van der Waals surface area contributed by atoms with Crippen LogP contribution in [0.15, 0.2) is 60.7 Å². The summed E-state index contributed by atoms with van der Waals surface area (Å²) >= 11 is 0. The second kappa shape index (κ2) is 5.92. The fraction of sp³-hybridized carbons (Fsp3) is 0.125. The minimum absolute atomic E-state index is 0.0138. The van der Waals surface area contributed by atoms with Gasteiger partial charge < -0.3 is 0 Å². The van der Waals surface area contributed by atoms with Crippen molar-refractivity contribution in [1.82, 2.24) is 0 Å². The first-order valence-electron chi connectivity index (χ1n) is 5.94. The lowest BCUT2D eigenvalue weighted by Crippen LogP contribution is -2.05. The molecule has 0 unspecified atom stereocenters. The Kier molecular flexibility index (Phi) is 4.02. The van der Waals surface area contributed by atoms with Crippen molar-refractivity contribution in [3.05, 3.63) is 71.8 Å². The summed E-state index contributed by atoms with van der Waals surface area (Å²) in [6.07, 6.45) is 0.523. The molecule has 0 aliphatic rings. The molecule has 2 heteroatoms. The van der Waals surface area contributed by atoms with Gasteiger partial charge in [-0.3, -0.25) is 9.59 Å². The molecule has 0 heterocycles. The highest BCUT2D eigenvalue weighted by Crippen LogP contribution is 2.09. The van der Waals surface area contributed by atoms with E-state index in [0.717, 1.165) is 0 Å². The number of hydrogen-bond acceptors (Lipinski definition) is 2. The van der Waals surface area contributed by atoms with Gasteiger partial charge in [0.15, 0.2) is 11.6 Å². The second-order valence-corrected chi connectivity index (χ2v) is 4.08. The van der Waals surface area contributed by atoms with E-state index in [2.05, 4.69) is 0 Å². The minimum Gasteiger partial charge on any atom is -0.294 e. The largest absolute Gasteiger partial charge is 0.294 e. The molecule has 2 aromatic carbocycles. The van der Waals surface area contributed by atoms with Crippen LogP contribution in [0.5, 0.6) is 0 Å². The lowest BCUT2D eigenvalue weighted by atomic mass is 10.1. The van der Waals surface area contributed by atoms with Gasteiger partial charge in [-0.05, 0) is 0 Å². The molecule has 0 amide bonds. The van der Waals surface area contributed by atoms with Gasteiger partial charge in [-0.15, -0.1) is 0 Å². The van der Waals surface area contributed by atoms with Crippen molar-refractivity contribution in [3.63, 3.8) is 0 Å². The van der Waals surface area contributed by atoms with Gasteiger partial charge in [0.25, 0.3) is 0 Å². The smallest absolute Gasteiger partial charge is 0.163 e. The summed E-state index contributed by atoms with van der Waals surface area (Å²) in [4.78, 5) is 23.7. The van der Waals surface area contributed by atoms with Gasteiger partial charge in [0.1, 0.15) is 0 Å². The predicted molar refractivity (Wildman–Crippen MR) is 70.8 cm³/mol. The minimum atomic E-state index is 0.0138. The van der Waals surface area contributed by atoms with E-state index in [1.165, 1.54) is 0 Å². The molecular formula is C16H14O2. The molecule has 0 fully saturated rings. The second-order valence-electron chi connectivity index (χ2n) is 4.08. The zero-order chi connectivity index (χ0) is 12.8. The monoisotopic (exact) mass is 239 g/mol. The standard InChI is InChI=1S/C16H14O2/c17-15(13-7-3-1-4-8-13)11-12-16(18)14-9-5-2-6-10-14/h1-10H,11-12H2/i15+1. The molecule has 0 spiro atoms. The van der Waals surface area contributed by atoms with E-state index in [9.17, 15) is 9.59 Å². The van der Waals surface area contributed by atoms with Gasteiger partial charge in [0, 0.05) is 24.0 Å². The molecule has 0 saturated carbocycles. The Hall–Kier alpha value is -2.22. The van der Waals surface area contributed by atoms with E-state index >= 15 is 0 Å². The first kappa shape index (κ1) is 12.2. The van der Waals surface area contributed by atoms with Crippen LogP contribution >= 0.6 is 0 Å². The highest BCUT2D eigenvalue weighted by molar-refractivity contribution is 6.02. The number of carbonyl (C=O) groups is 2. The lowest BCUT2D eigenvalue weighted by molar-refractivity contribution is 0.0917. The van der Waals surface area contributed by atoms with Gasteiger partial charge >= 0.3 is 0 Å². The summed E-state index contributed by atoms with van der Waals surface area (Å²) in [6, 6.07) is 18.1. The zero-order valence-electron chi connectivity index (χ0n) is 10.0. The summed E-state index contributed by atoms with van der Waals surface area (Å²) in [5.74, 6) is 0.0276. The maximum atomic E-state index is 11.8. The van der Waals surface area contributed by atoms with E-state index in [1.54, 1.807) is 24.3 Å². The van der Waals surface area contributed by atoms with Crippen LogP contribution in [0.3, 0.4) is 0 Å². The predicted octanol–water partition coefficient (Wildman–Crippen LogP) is 3.53. The Bertz CT molecular complexity index is 478. The Labute approximate surface area is 106 Å². The van der Waals surface area contributed by atoms with Crippen molar-refractivity contribution >= 4 is 11.6 Å². The van der Waals surface area contributed by atoms with Gasteiger partial charge in [0.05, 0.1) is 0 Å². The Morgan fingerprint density at radius 3 is 1.28 bits per heavy atom. The Morgan fingerprint density at radius 1 is 0.611 bits per heavy atom. The van der Waals surface area contributed by atoms with Crippen LogP contribution in [-0.2, 0) is 0 Å². The Morgan fingerprint density at radius 2 is 0.944 bits per heavy atom. The van der Waals surface area contributed by atoms with Crippen LogP contribution in [0.1, 0.15) is 33.6 Å². The summed E-state index contributed by atoms with van der Waals surface area (Å²) in [7, 11) is 0. The average Bonchev–Trinajstić information content (AvgIpc) is 2.46. The summed E-state index contributed by atoms with van der Waals surface area (Å²) < 4.78 is 0. The summed E-state index contributed by atoms with van der Waals surface area (Å²) in [6.45, 7) is 0. The van der Waals surface area contributed by atoms with Gasteiger partial charge in [-0.25, -0.2) is 0 Å². The van der Waals surface area contributed by atoms with E-state index < -0.39 is 0 Å². The maximum absolute atomic E-state index is 11.8. The quantitative estimate of drug-likeness (QED) is 0.590. The first-order chi connectivity index (χ1) is 8.77. The van der Waals surface area contributed by atoms with Gasteiger partial charge in [-0.1, -0.05) is 60.7 Å². The van der Waals surface area contributed by atoms with E-state index in [0.29, 0.717) is 11.1 Å². The molecule has 0 bridgehead atoms. The Balaban J connectivity index is 1.93. The zero-order valence-corrected chi connectivity index (χ0v) is 10.0. The number of hydrogen-bond donors (Lipinski definition) is 0. The van der Waals surface area contributed by atoms with Crippen LogP contribution in [0.2, 0.25) is 0 Å². The van der Waals surface area contributed by atoms with Crippen molar-refractivity contribution < 1.29 is 9.59 Å². The third-order valence-corrected chi connectivity index (χ3v) is 2.77. The van der Waals surface area contributed by atoms with Crippen LogP contribution < -0.4 is 0 Å². The SMILES string of the molecule is O=C(CC[13C](=O)c1ccccc1)c1ccccc1. The third kappa shape index (κ3) is 3.14. The third-order valence-electron chi connectivity index (χ3n) is 2.77. The first-order valence-corrected chi connectivity index (χ1v) is 5.94. The molecule has 0 radical (unpaired) electrons. The molecule has 0 N–H and O–H groups in total. The molecule has 0 aliphatic heterocycles. The molecule has 2 rings (SSSR count). The topological polar surface area (TPSA) is 34.1 Å². The summed E-state index contributed by atoms with van der Waals surface area (Å²) in [5.41, 5.74) is 1.33. The van der Waals surface area contributed by atoms with Crippen LogP contribution in [0.4, 0.5) is 0 Å². The van der Waals surface area contributed by atoms with Crippen molar-refractivity contribution in [2.75, 3.05) is 0 Å². The highest BCUT2D eigenvalue weighted by atomic mass is 16.2. The maximum Gasteiger partial charge on any atom is 0.163 e. The highest BCUT2D eigenvalue weighted by Gasteiger charge is 2.10. The van der Waals surface area contributed by atoms with Crippen LogP contribution in [-0.4, -0.2) is 11.6 Å². The molecule has 0 saturated heterocycles. The van der Waals surface area contributed by atoms with E-state index in [1.807, 2.05) is 36.4 Å². The summed E-state index contributed by atoms with van der Waals surface area (Å²) in [5, 5.41) is 0. The van der Waals surface area contributed by atoms with E-state index in [4.69, 9.17) is 0 Å². The number of carbonyl (C=O) groups excluding carboxylic acids is 2. The number of Topliss-reactive ketones (excluding diaryl/α,β-unsaturated/α-hetero) is 2. The van der Waals surface area contributed by atoms with Gasteiger partial charge in [0.2, 0.25) is 0 Å². The molecule has 0 aliphatic carbocycles. The fourth-order valence-corrected chi connectivity index (χ4v) is 1.76. The van der Waals surface area contributed by atoms with Gasteiger partial charge in [-0.2, -0.15) is 0 Å². The molecule has 18 heavy (non-hydrogen) atoms. The molecule has 0 aromatic heterocycles. The van der Waals surface area contributed by atoms with Crippen molar-refractivity contribution in [2.24, 2.45) is 0 Å². The molecule has 2 nitrogen and oxygen atoms in total. The normalized spacial score (nSPS) is 10.0. The molecule has 2 aromatic rings. The molecular weight excluding hydrogens is 225 g/mol. The van der Waals surface area contributed by atoms with Crippen molar-refractivity contribution in [3.8, 4) is 0 Å². The molecule has 90 valence electrons. The molecule has 0 atom stereocenters. The lowest BCUT2D eigenvalue weighted by Gasteiger charge is -2.01. The van der Waals surface area contributed by atoms with E-state index in [-0.39, 0.29) is 24.4 Å². The number of ketones is 2. The van der Waals surface area contributed by atoms with Crippen LogP contribution in [0, 0.1) is 0 Å².